The Morgan fingerprint density at radius 2 is 1.50 bits per heavy atom. The number of aromatic amines is 1. The highest BCUT2D eigenvalue weighted by atomic mass is 16.5. The van der Waals surface area contributed by atoms with E-state index in [4.69, 9.17) is 4.74 Å². The molecule has 2 atom stereocenters. The van der Waals surface area contributed by atoms with Gasteiger partial charge >= 0.3 is 0 Å². The van der Waals surface area contributed by atoms with Crippen molar-refractivity contribution >= 4 is 10.9 Å². The van der Waals surface area contributed by atoms with E-state index >= 15 is 0 Å². The Morgan fingerprint density at radius 3 is 2.14 bits per heavy atom. The number of piperazine rings is 1. The molecule has 9 nitrogen and oxygen atoms in total. The summed E-state index contributed by atoms with van der Waals surface area (Å²) in [6, 6.07) is 27.4. The van der Waals surface area contributed by atoms with Gasteiger partial charge in [0, 0.05) is 43.9 Å². The number of aryl methyl sites for hydroxylation is 2. The molecule has 0 amide bonds. The first-order chi connectivity index (χ1) is 21.5. The molecule has 1 N–H and O–H groups in total. The summed E-state index contributed by atoms with van der Waals surface area (Å²) in [5, 5.41) is 14.1. The highest BCUT2D eigenvalue weighted by Gasteiger charge is 2.35. The second-order valence-electron chi connectivity index (χ2n) is 12.1. The fourth-order valence-corrected chi connectivity index (χ4v) is 6.85. The van der Waals surface area contributed by atoms with Gasteiger partial charge in [-0.1, -0.05) is 60.7 Å². The minimum atomic E-state index is -0.393. The number of nitrogens with one attached hydrogen (secondary N) is 1. The number of hydrogen-bond acceptors (Lipinski definition) is 7. The van der Waals surface area contributed by atoms with Crippen molar-refractivity contribution in [3.8, 4) is 0 Å². The quantitative estimate of drug-likeness (QED) is 0.278. The van der Waals surface area contributed by atoms with Crippen LogP contribution < -0.4 is 5.56 Å². The second kappa shape index (κ2) is 12.4. The molecule has 9 heteroatoms. The molecule has 0 aliphatic carbocycles. The highest BCUT2D eigenvalue weighted by Crippen LogP contribution is 2.33. The number of nitrogens with zero attached hydrogens (tertiary/aromatic N) is 6. The number of ether oxygens (including phenoxy) is 1. The lowest BCUT2D eigenvalue weighted by atomic mass is 9.96. The van der Waals surface area contributed by atoms with Crippen LogP contribution in [0.1, 0.15) is 58.6 Å². The Balaban J connectivity index is 1.24. The van der Waals surface area contributed by atoms with Crippen molar-refractivity contribution < 1.29 is 4.74 Å². The zero-order chi connectivity index (χ0) is 30.0. The van der Waals surface area contributed by atoms with Crippen LogP contribution in [-0.4, -0.2) is 73.9 Å². The third-order valence-electron chi connectivity index (χ3n) is 9.30. The summed E-state index contributed by atoms with van der Waals surface area (Å²) in [6.45, 7) is 8.71. The molecule has 3 aromatic carbocycles. The van der Waals surface area contributed by atoms with E-state index in [0.29, 0.717) is 17.9 Å². The number of rotatable bonds is 8. The Hall–Kier alpha value is -4.18. The molecular formula is C35H39N7O2. The number of hydrogen-bond donors (Lipinski definition) is 1. The Labute approximate surface area is 257 Å². The van der Waals surface area contributed by atoms with Gasteiger partial charge in [-0.25, -0.2) is 4.68 Å². The fraction of sp³-hybridized carbons (Fsp3) is 0.371. The molecule has 44 heavy (non-hydrogen) atoms. The molecule has 5 aromatic rings. The van der Waals surface area contributed by atoms with E-state index in [9.17, 15) is 4.79 Å². The van der Waals surface area contributed by atoms with Crippen molar-refractivity contribution in [3.05, 3.63) is 123 Å². The smallest absolute Gasteiger partial charge is 0.253 e. The summed E-state index contributed by atoms with van der Waals surface area (Å²) in [4.78, 5) is 21.9. The first-order valence-electron chi connectivity index (χ1n) is 15.6. The molecule has 2 aliphatic heterocycles. The Kier molecular flexibility index (Phi) is 8.08. The molecular weight excluding hydrogens is 550 g/mol. The topological polar surface area (TPSA) is 92.2 Å². The van der Waals surface area contributed by atoms with Crippen LogP contribution >= 0.6 is 0 Å². The third-order valence-corrected chi connectivity index (χ3v) is 9.30. The van der Waals surface area contributed by atoms with Crippen molar-refractivity contribution in [2.24, 2.45) is 0 Å². The molecule has 2 aliphatic rings. The normalized spacial score (nSPS) is 18.8. The molecule has 4 heterocycles. The van der Waals surface area contributed by atoms with Crippen molar-refractivity contribution in [1.29, 1.82) is 0 Å². The minimum absolute atomic E-state index is 0.0766. The standard InChI is InChI=1S/C35H39N7O2/c1-24-20-28-22-30(35(43)36-31(28)21-25(24)2)33(34-37-38-39-42(34)23-29-14-9-19-44-29)41-17-15-40(16-18-41)32(26-10-5-3-6-11-26)27-12-7-4-8-13-27/h3-8,10-13,20-22,29,32-33H,9,14-19,23H2,1-2H3,(H,36,43)/t29-,33+/m0/s1. The molecule has 0 saturated carbocycles. The van der Waals surface area contributed by atoms with Gasteiger partial charge < -0.3 is 9.72 Å². The van der Waals surface area contributed by atoms with Crippen LogP contribution in [0.3, 0.4) is 0 Å². The van der Waals surface area contributed by atoms with E-state index in [2.05, 4.69) is 117 Å². The number of aromatic nitrogens is 5. The van der Waals surface area contributed by atoms with Crippen LogP contribution in [0.15, 0.2) is 83.7 Å². The van der Waals surface area contributed by atoms with Gasteiger partial charge in [-0.05, 0) is 83.0 Å². The van der Waals surface area contributed by atoms with Gasteiger partial charge in [-0.3, -0.25) is 14.6 Å². The van der Waals surface area contributed by atoms with Gasteiger partial charge in [0.25, 0.3) is 5.56 Å². The first-order valence-corrected chi connectivity index (χ1v) is 15.6. The molecule has 0 unspecified atom stereocenters. The number of benzene rings is 3. The van der Waals surface area contributed by atoms with Gasteiger partial charge in [0.05, 0.1) is 18.7 Å². The molecule has 226 valence electrons. The molecule has 7 rings (SSSR count). The molecule has 0 spiro atoms. The zero-order valence-electron chi connectivity index (χ0n) is 25.4. The van der Waals surface area contributed by atoms with Gasteiger partial charge in [-0.15, -0.1) is 5.10 Å². The van der Waals surface area contributed by atoms with Gasteiger partial charge in [-0.2, -0.15) is 0 Å². The Bertz CT molecular complexity index is 1730. The van der Waals surface area contributed by atoms with E-state index in [-0.39, 0.29) is 17.7 Å². The van der Waals surface area contributed by atoms with Crippen molar-refractivity contribution in [2.45, 2.75) is 51.4 Å². The predicted octanol–water partition coefficient (Wildman–Crippen LogP) is 4.81. The largest absolute Gasteiger partial charge is 0.376 e. The van der Waals surface area contributed by atoms with Crippen molar-refractivity contribution in [1.82, 2.24) is 35.0 Å². The van der Waals surface area contributed by atoms with E-state index < -0.39 is 6.04 Å². The summed E-state index contributed by atoms with van der Waals surface area (Å²) in [6.07, 6.45) is 2.10. The number of pyridine rings is 1. The zero-order valence-corrected chi connectivity index (χ0v) is 25.4. The summed E-state index contributed by atoms with van der Waals surface area (Å²) in [5.74, 6) is 0.685. The molecule has 2 aromatic heterocycles. The van der Waals surface area contributed by atoms with Crippen LogP contribution in [0.5, 0.6) is 0 Å². The summed E-state index contributed by atoms with van der Waals surface area (Å²) in [7, 11) is 0. The van der Waals surface area contributed by atoms with Gasteiger partial charge in [0.15, 0.2) is 5.82 Å². The number of tetrazole rings is 1. The van der Waals surface area contributed by atoms with Gasteiger partial charge in [0.1, 0.15) is 6.04 Å². The first kappa shape index (κ1) is 28.6. The maximum Gasteiger partial charge on any atom is 0.253 e. The van der Waals surface area contributed by atoms with Crippen LogP contribution in [-0.2, 0) is 11.3 Å². The summed E-state index contributed by atoms with van der Waals surface area (Å²) < 4.78 is 7.79. The fourth-order valence-electron chi connectivity index (χ4n) is 6.85. The number of fused-ring (bicyclic) bond motifs is 1. The SMILES string of the molecule is Cc1cc2cc([C@H](c3nnnn3C[C@@H]3CCCO3)N3CCN(C(c4ccccc4)c4ccccc4)CC3)c(=O)[nH]c2cc1C. The summed E-state index contributed by atoms with van der Waals surface area (Å²) in [5.41, 5.74) is 6.31. The molecule has 0 radical (unpaired) electrons. The van der Waals surface area contributed by atoms with Crippen LogP contribution in [0, 0.1) is 13.8 Å². The monoisotopic (exact) mass is 589 g/mol. The predicted molar refractivity (Wildman–Crippen MR) is 171 cm³/mol. The lowest BCUT2D eigenvalue weighted by molar-refractivity contribution is 0.0778. The average molecular weight is 590 g/mol. The Morgan fingerprint density at radius 1 is 0.864 bits per heavy atom. The molecule has 2 fully saturated rings. The third kappa shape index (κ3) is 5.70. The van der Waals surface area contributed by atoms with E-state index in [1.165, 1.54) is 16.7 Å². The maximum absolute atomic E-state index is 13.8. The van der Waals surface area contributed by atoms with Gasteiger partial charge in [0.2, 0.25) is 0 Å². The van der Waals surface area contributed by atoms with Crippen molar-refractivity contribution in [3.63, 3.8) is 0 Å². The van der Waals surface area contributed by atoms with E-state index in [1.807, 2.05) is 10.7 Å². The lowest BCUT2D eigenvalue weighted by Crippen LogP contribution is -2.50. The summed E-state index contributed by atoms with van der Waals surface area (Å²) >= 11 is 0. The highest BCUT2D eigenvalue weighted by molar-refractivity contribution is 5.81. The maximum atomic E-state index is 13.8. The van der Waals surface area contributed by atoms with Crippen LogP contribution in [0.25, 0.3) is 10.9 Å². The lowest BCUT2D eigenvalue weighted by Gasteiger charge is -2.42. The number of H-pyrrole nitrogens is 1. The van der Waals surface area contributed by atoms with Crippen LogP contribution in [0.4, 0.5) is 0 Å². The van der Waals surface area contributed by atoms with Crippen molar-refractivity contribution in [2.75, 3.05) is 32.8 Å². The van der Waals surface area contributed by atoms with E-state index in [0.717, 1.165) is 62.1 Å². The van der Waals surface area contributed by atoms with Crippen LogP contribution in [0.2, 0.25) is 0 Å². The molecule has 2 saturated heterocycles. The second-order valence-corrected chi connectivity index (χ2v) is 12.1. The average Bonchev–Trinajstić information content (AvgIpc) is 3.73. The molecule has 0 bridgehead atoms. The van der Waals surface area contributed by atoms with E-state index in [1.54, 1.807) is 0 Å². The minimum Gasteiger partial charge on any atom is -0.376 e.